The molecule has 80 valence electrons. The van der Waals surface area contributed by atoms with Gasteiger partial charge in [0.1, 0.15) is 0 Å². The smallest absolute Gasteiger partial charge is 0.177 e. The molecule has 0 radical (unpaired) electrons. The Morgan fingerprint density at radius 3 is 2.80 bits per heavy atom. The third kappa shape index (κ3) is 1.97. The molecule has 0 saturated heterocycles. The summed E-state index contributed by atoms with van der Waals surface area (Å²) in [6.07, 6.45) is 0.956. The second kappa shape index (κ2) is 3.94. The second-order valence-corrected chi connectivity index (χ2v) is 4.01. The van der Waals surface area contributed by atoms with Crippen LogP contribution < -0.4 is 5.73 Å². The van der Waals surface area contributed by atoms with Crippen molar-refractivity contribution in [1.29, 1.82) is 0 Å². The summed E-state index contributed by atoms with van der Waals surface area (Å²) in [4.78, 5) is 0. The predicted molar refractivity (Wildman–Crippen MR) is 57.2 cm³/mol. The minimum absolute atomic E-state index is 0.360. The summed E-state index contributed by atoms with van der Waals surface area (Å²) >= 11 is 0. The molecule has 2 heterocycles. The van der Waals surface area contributed by atoms with Crippen LogP contribution >= 0.6 is 0 Å². The van der Waals surface area contributed by atoms with E-state index in [0.29, 0.717) is 18.3 Å². The van der Waals surface area contributed by atoms with E-state index in [-0.39, 0.29) is 0 Å². The van der Waals surface area contributed by atoms with Gasteiger partial charge in [-0.2, -0.15) is 9.61 Å². The van der Waals surface area contributed by atoms with Crippen LogP contribution in [0.5, 0.6) is 0 Å². The number of fused-ring (bicyclic) bond motifs is 1. The molecule has 2 N–H and O–H groups in total. The highest BCUT2D eigenvalue weighted by atomic mass is 15.4. The van der Waals surface area contributed by atoms with Crippen molar-refractivity contribution in [3.05, 3.63) is 23.7 Å². The van der Waals surface area contributed by atoms with Gasteiger partial charge in [-0.05, 0) is 24.5 Å². The lowest BCUT2D eigenvalue weighted by Gasteiger charge is -2.04. The highest BCUT2D eigenvalue weighted by Gasteiger charge is 2.06. The molecule has 0 aliphatic heterocycles. The van der Waals surface area contributed by atoms with E-state index in [2.05, 4.69) is 29.1 Å². The number of nitrogens with two attached hydrogens (primary N) is 1. The summed E-state index contributed by atoms with van der Waals surface area (Å²) in [5.41, 5.74) is 7.35. The molecule has 0 spiro atoms. The fourth-order valence-corrected chi connectivity index (χ4v) is 1.53. The molecule has 0 amide bonds. The Kier molecular flexibility index (Phi) is 2.64. The molecule has 0 atom stereocenters. The topological polar surface area (TPSA) is 69.1 Å². The van der Waals surface area contributed by atoms with Crippen molar-refractivity contribution in [3.8, 4) is 0 Å². The van der Waals surface area contributed by atoms with Crippen LogP contribution in [0, 0.1) is 5.92 Å². The minimum Gasteiger partial charge on any atom is -0.324 e. The van der Waals surface area contributed by atoms with E-state index in [0.717, 1.165) is 17.8 Å². The van der Waals surface area contributed by atoms with Crippen molar-refractivity contribution in [2.45, 2.75) is 26.8 Å². The van der Waals surface area contributed by atoms with Crippen LogP contribution in [0.1, 0.15) is 25.4 Å². The molecular formula is C10H15N5. The maximum Gasteiger partial charge on any atom is 0.177 e. The lowest BCUT2D eigenvalue weighted by Crippen LogP contribution is -2.07. The zero-order valence-corrected chi connectivity index (χ0v) is 9.01. The van der Waals surface area contributed by atoms with Crippen LogP contribution in [-0.4, -0.2) is 19.8 Å². The van der Waals surface area contributed by atoms with E-state index in [1.807, 2.05) is 12.1 Å². The van der Waals surface area contributed by atoms with E-state index in [4.69, 9.17) is 5.73 Å². The van der Waals surface area contributed by atoms with Gasteiger partial charge in [0.15, 0.2) is 11.5 Å². The van der Waals surface area contributed by atoms with E-state index >= 15 is 0 Å². The van der Waals surface area contributed by atoms with Crippen LogP contribution in [0.2, 0.25) is 0 Å². The SMILES string of the molecule is CC(C)Cc1ccc2nnc(CN)n2n1. The van der Waals surface area contributed by atoms with Gasteiger partial charge in [-0.3, -0.25) is 0 Å². The van der Waals surface area contributed by atoms with Crippen molar-refractivity contribution >= 4 is 5.65 Å². The zero-order chi connectivity index (χ0) is 10.8. The summed E-state index contributed by atoms with van der Waals surface area (Å²) in [7, 11) is 0. The van der Waals surface area contributed by atoms with Gasteiger partial charge in [-0.25, -0.2) is 0 Å². The number of rotatable bonds is 3. The minimum atomic E-state index is 0.360. The Morgan fingerprint density at radius 2 is 2.13 bits per heavy atom. The third-order valence-electron chi connectivity index (χ3n) is 2.18. The van der Waals surface area contributed by atoms with Gasteiger partial charge in [0.25, 0.3) is 0 Å². The predicted octanol–water partition coefficient (Wildman–Crippen LogP) is 0.781. The van der Waals surface area contributed by atoms with Crippen LogP contribution in [-0.2, 0) is 13.0 Å². The number of hydrogen-bond acceptors (Lipinski definition) is 4. The number of hydrogen-bond donors (Lipinski definition) is 1. The van der Waals surface area contributed by atoms with Crippen molar-refractivity contribution < 1.29 is 0 Å². The molecule has 0 aliphatic rings. The largest absolute Gasteiger partial charge is 0.324 e. The fraction of sp³-hybridized carbons (Fsp3) is 0.500. The average Bonchev–Trinajstić information content (AvgIpc) is 2.59. The molecule has 2 aromatic rings. The fourth-order valence-electron chi connectivity index (χ4n) is 1.53. The standard InChI is InChI=1S/C10H15N5/c1-7(2)5-8-3-4-9-12-13-10(6-11)15(9)14-8/h3-4,7H,5-6,11H2,1-2H3. The molecule has 5 heteroatoms. The van der Waals surface area contributed by atoms with Gasteiger partial charge < -0.3 is 5.73 Å². The van der Waals surface area contributed by atoms with Crippen LogP contribution in [0.15, 0.2) is 12.1 Å². The molecule has 0 unspecified atom stereocenters. The first-order valence-corrected chi connectivity index (χ1v) is 5.11. The Bertz CT molecular complexity index is 460. The zero-order valence-electron chi connectivity index (χ0n) is 9.01. The third-order valence-corrected chi connectivity index (χ3v) is 2.18. The molecule has 0 aliphatic carbocycles. The summed E-state index contributed by atoms with van der Waals surface area (Å²) in [5, 5.41) is 12.4. The Labute approximate surface area is 88.3 Å². The molecule has 15 heavy (non-hydrogen) atoms. The van der Waals surface area contributed by atoms with Gasteiger partial charge in [0, 0.05) is 0 Å². The summed E-state index contributed by atoms with van der Waals surface area (Å²) < 4.78 is 1.72. The average molecular weight is 205 g/mol. The normalized spacial score (nSPS) is 11.5. The maximum absolute atomic E-state index is 5.55. The summed E-state index contributed by atoms with van der Waals surface area (Å²) in [5.74, 6) is 1.29. The lowest BCUT2D eigenvalue weighted by molar-refractivity contribution is 0.621. The Morgan fingerprint density at radius 1 is 1.33 bits per heavy atom. The summed E-state index contributed by atoms with van der Waals surface area (Å²) in [6, 6.07) is 3.92. The molecule has 2 rings (SSSR count). The van der Waals surface area contributed by atoms with Gasteiger partial charge in [0.05, 0.1) is 12.2 Å². The van der Waals surface area contributed by atoms with Crippen LogP contribution in [0.3, 0.4) is 0 Å². The first-order chi connectivity index (χ1) is 7.20. The van der Waals surface area contributed by atoms with Crippen molar-refractivity contribution in [2.24, 2.45) is 11.7 Å². The van der Waals surface area contributed by atoms with E-state index in [1.54, 1.807) is 4.52 Å². The van der Waals surface area contributed by atoms with Gasteiger partial charge in [-0.15, -0.1) is 10.2 Å². The Hall–Kier alpha value is -1.49. The van der Waals surface area contributed by atoms with Gasteiger partial charge in [0.2, 0.25) is 0 Å². The number of nitrogens with zero attached hydrogens (tertiary/aromatic N) is 4. The Balaban J connectivity index is 2.43. The number of aromatic nitrogens is 4. The first-order valence-electron chi connectivity index (χ1n) is 5.11. The van der Waals surface area contributed by atoms with Crippen molar-refractivity contribution in [3.63, 3.8) is 0 Å². The molecule has 5 nitrogen and oxygen atoms in total. The van der Waals surface area contributed by atoms with Gasteiger partial charge in [-0.1, -0.05) is 13.8 Å². The molecule has 0 aromatic carbocycles. The maximum atomic E-state index is 5.55. The molecular weight excluding hydrogens is 190 g/mol. The molecule has 2 aromatic heterocycles. The summed E-state index contributed by atoms with van der Waals surface area (Å²) in [6.45, 7) is 4.70. The quantitative estimate of drug-likeness (QED) is 0.804. The van der Waals surface area contributed by atoms with E-state index < -0.39 is 0 Å². The van der Waals surface area contributed by atoms with Crippen molar-refractivity contribution in [1.82, 2.24) is 19.8 Å². The molecule has 0 bridgehead atoms. The lowest BCUT2D eigenvalue weighted by atomic mass is 10.1. The monoisotopic (exact) mass is 205 g/mol. The van der Waals surface area contributed by atoms with E-state index in [1.165, 1.54) is 0 Å². The second-order valence-electron chi connectivity index (χ2n) is 4.01. The van der Waals surface area contributed by atoms with Crippen LogP contribution in [0.25, 0.3) is 5.65 Å². The highest BCUT2D eigenvalue weighted by Crippen LogP contribution is 2.07. The molecule has 0 saturated carbocycles. The molecule has 0 fully saturated rings. The highest BCUT2D eigenvalue weighted by molar-refractivity contribution is 5.36. The van der Waals surface area contributed by atoms with E-state index in [9.17, 15) is 0 Å². The van der Waals surface area contributed by atoms with Gasteiger partial charge >= 0.3 is 0 Å². The van der Waals surface area contributed by atoms with Crippen molar-refractivity contribution in [2.75, 3.05) is 0 Å². The van der Waals surface area contributed by atoms with Crippen LogP contribution in [0.4, 0.5) is 0 Å². The first kappa shape index (κ1) is 10.0.